The molecule has 2 aromatic rings. The first-order valence-electron chi connectivity index (χ1n) is 9.76. The Morgan fingerprint density at radius 3 is 2.79 bits per heavy atom. The number of nitrogens with two attached hydrogens (primary N) is 1. The zero-order valence-electron chi connectivity index (χ0n) is 16.7. The van der Waals surface area contributed by atoms with Gasteiger partial charge < -0.3 is 25.4 Å². The van der Waals surface area contributed by atoms with E-state index >= 15 is 0 Å². The van der Waals surface area contributed by atoms with Crippen molar-refractivity contribution in [3.8, 4) is 11.5 Å². The second kappa shape index (κ2) is 9.99. The second-order valence-corrected chi connectivity index (χ2v) is 7.22. The molecule has 0 fully saturated rings. The lowest BCUT2D eigenvalue weighted by Crippen LogP contribution is -2.37. The summed E-state index contributed by atoms with van der Waals surface area (Å²) in [6, 6.07) is 16.2. The first-order chi connectivity index (χ1) is 13.6. The van der Waals surface area contributed by atoms with E-state index in [9.17, 15) is 0 Å². The van der Waals surface area contributed by atoms with Crippen LogP contribution in [0.5, 0.6) is 11.5 Å². The number of fused-ring (bicyclic) bond motifs is 1. The molecule has 1 atom stereocenters. The minimum atomic E-state index is 0.131. The van der Waals surface area contributed by atoms with Crippen molar-refractivity contribution in [2.75, 3.05) is 33.9 Å². The van der Waals surface area contributed by atoms with E-state index in [1.807, 2.05) is 42.5 Å². The molecule has 150 valence electrons. The fourth-order valence-electron chi connectivity index (χ4n) is 3.15. The van der Waals surface area contributed by atoms with Crippen molar-refractivity contribution in [2.24, 2.45) is 10.7 Å². The van der Waals surface area contributed by atoms with Gasteiger partial charge in [0.05, 0.1) is 25.8 Å². The molecule has 0 aromatic heterocycles. The number of benzene rings is 2. The van der Waals surface area contributed by atoms with Crippen molar-refractivity contribution in [3.05, 3.63) is 59.7 Å². The largest absolute Gasteiger partial charge is 0.494 e. The molecule has 0 radical (unpaired) electrons. The summed E-state index contributed by atoms with van der Waals surface area (Å²) in [6.45, 7) is 2.96. The fraction of sp³-hybridized carbons (Fsp3) is 0.409. The van der Waals surface area contributed by atoms with Crippen LogP contribution in [0.4, 0.5) is 0 Å². The molecule has 1 unspecified atom stereocenters. The van der Waals surface area contributed by atoms with Crippen LogP contribution in [0.2, 0.25) is 0 Å². The number of aliphatic imine (C=N–C) groups is 1. The van der Waals surface area contributed by atoms with Crippen LogP contribution in [0.1, 0.15) is 30.0 Å². The van der Waals surface area contributed by atoms with Gasteiger partial charge in [0.2, 0.25) is 0 Å². The summed E-state index contributed by atoms with van der Waals surface area (Å²) in [7, 11) is 4.13. The molecular formula is C22H30N4O2. The Balaban J connectivity index is 1.48. The minimum Gasteiger partial charge on any atom is -0.494 e. The third-order valence-electron chi connectivity index (χ3n) is 4.65. The van der Waals surface area contributed by atoms with Crippen molar-refractivity contribution in [2.45, 2.75) is 25.4 Å². The van der Waals surface area contributed by atoms with E-state index in [1.165, 1.54) is 0 Å². The van der Waals surface area contributed by atoms with Crippen molar-refractivity contribution < 1.29 is 9.47 Å². The first-order valence-corrected chi connectivity index (χ1v) is 9.76. The summed E-state index contributed by atoms with van der Waals surface area (Å²) in [6.07, 6.45) is 1.88. The van der Waals surface area contributed by atoms with Crippen LogP contribution in [0.15, 0.2) is 53.5 Å². The number of rotatable bonds is 8. The highest BCUT2D eigenvalue weighted by molar-refractivity contribution is 5.78. The van der Waals surface area contributed by atoms with Crippen molar-refractivity contribution in [1.82, 2.24) is 10.2 Å². The summed E-state index contributed by atoms with van der Waals surface area (Å²) in [5.74, 6) is 2.25. The topological polar surface area (TPSA) is 72.1 Å². The molecule has 0 saturated heterocycles. The van der Waals surface area contributed by atoms with Crippen LogP contribution in [-0.2, 0) is 6.54 Å². The third kappa shape index (κ3) is 5.89. The summed E-state index contributed by atoms with van der Waals surface area (Å²) in [4.78, 5) is 6.64. The van der Waals surface area contributed by atoms with Crippen LogP contribution < -0.4 is 20.5 Å². The van der Waals surface area contributed by atoms with E-state index in [0.717, 1.165) is 48.6 Å². The summed E-state index contributed by atoms with van der Waals surface area (Å²) < 4.78 is 11.4. The average Bonchev–Trinajstić information content (AvgIpc) is 2.71. The highest BCUT2D eigenvalue weighted by Crippen LogP contribution is 2.31. The predicted octanol–water partition coefficient (Wildman–Crippen LogP) is 2.95. The lowest BCUT2D eigenvalue weighted by molar-refractivity contribution is 0.262. The molecule has 0 spiro atoms. The highest BCUT2D eigenvalue weighted by atomic mass is 16.5. The molecular weight excluding hydrogens is 352 g/mol. The van der Waals surface area contributed by atoms with Crippen LogP contribution in [0, 0.1) is 0 Å². The number of hydrogen-bond acceptors (Lipinski definition) is 4. The van der Waals surface area contributed by atoms with Gasteiger partial charge >= 0.3 is 0 Å². The zero-order chi connectivity index (χ0) is 19.8. The molecule has 0 bridgehead atoms. The number of para-hydroxylation sites is 1. The van der Waals surface area contributed by atoms with Gasteiger partial charge in [-0.3, -0.25) is 0 Å². The molecule has 6 heteroatoms. The maximum atomic E-state index is 6.11. The number of guanidine groups is 1. The SMILES string of the molecule is CN(C)CCCOc1ccc(CN=C(N)NC2CCOc3ccccc32)cc1. The van der Waals surface area contributed by atoms with E-state index < -0.39 is 0 Å². The van der Waals surface area contributed by atoms with Gasteiger partial charge in [0.15, 0.2) is 5.96 Å². The van der Waals surface area contributed by atoms with Gasteiger partial charge in [-0.25, -0.2) is 4.99 Å². The van der Waals surface area contributed by atoms with Gasteiger partial charge in [-0.15, -0.1) is 0 Å². The molecule has 3 N–H and O–H groups in total. The third-order valence-corrected chi connectivity index (χ3v) is 4.65. The van der Waals surface area contributed by atoms with Gasteiger partial charge in [-0.05, 0) is 44.3 Å². The smallest absolute Gasteiger partial charge is 0.189 e. The summed E-state index contributed by atoms with van der Waals surface area (Å²) in [5, 5.41) is 3.32. The number of nitrogens with zero attached hydrogens (tertiary/aromatic N) is 2. The van der Waals surface area contributed by atoms with Crippen LogP contribution >= 0.6 is 0 Å². The standard InChI is InChI=1S/C22H30N4O2/c1-26(2)13-5-14-27-18-10-8-17(9-11-18)16-24-22(23)25-20-12-15-28-21-7-4-3-6-19(20)21/h3-4,6-11,20H,5,12-16H2,1-2H3,(H3,23,24,25). The monoisotopic (exact) mass is 382 g/mol. The van der Waals surface area contributed by atoms with Gasteiger partial charge in [0.25, 0.3) is 0 Å². The lowest BCUT2D eigenvalue weighted by Gasteiger charge is -2.26. The van der Waals surface area contributed by atoms with Crippen LogP contribution in [0.25, 0.3) is 0 Å². The lowest BCUT2D eigenvalue weighted by atomic mass is 10.0. The quantitative estimate of drug-likeness (QED) is 0.417. The minimum absolute atomic E-state index is 0.131. The normalized spacial score (nSPS) is 16.4. The number of ether oxygens (including phenoxy) is 2. The van der Waals surface area contributed by atoms with E-state index in [0.29, 0.717) is 19.1 Å². The van der Waals surface area contributed by atoms with E-state index in [2.05, 4.69) is 35.4 Å². The molecule has 1 heterocycles. The Kier molecular flexibility index (Phi) is 7.14. The Hall–Kier alpha value is -2.73. The summed E-state index contributed by atoms with van der Waals surface area (Å²) in [5.41, 5.74) is 8.34. The van der Waals surface area contributed by atoms with Gasteiger partial charge in [-0.1, -0.05) is 30.3 Å². The highest BCUT2D eigenvalue weighted by Gasteiger charge is 2.21. The molecule has 2 aromatic carbocycles. The van der Waals surface area contributed by atoms with Crippen LogP contribution in [-0.4, -0.2) is 44.7 Å². The molecule has 0 saturated carbocycles. The van der Waals surface area contributed by atoms with Gasteiger partial charge in [-0.2, -0.15) is 0 Å². The zero-order valence-corrected chi connectivity index (χ0v) is 16.7. The van der Waals surface area contributed by atoms with E-state index in [1.54, 1.807) is 0 Å². The maximum Gasteiger partial charge on any atom is 0.189 e. The van der Waals surface area contributed by atoms with Gasteiger partial charge in [0, 0.05) is 18.5 Å². The number of hydrogen-bond donors (Lipinski definition) is 2. The Labute approximate surface area is 167 Å². The first kappa shape index (κ1) is 20.0. The van der Waals surface area contributed by atoms with Crippen LogP contribution in [0.3, 0.4) is 0 Å². The fourth-order valence-corrected chi connectivity index (χ4v) is 3.15. The van der Waals surface area contributed by atoms with E-state index in [4.69, 9.17) is 15.2 Å². The molecule has 6 nitrogen and oxygen atoms in total. The molecule has 1 aliphatic rings. The van der Waals surface area contributed by atoms with Crippen molar-refractivity contribution in [3.63, 3.8) is 0 Å². The molecule has 1 aliphatic heterocycles. The molecule has 0 amide bonds. The maximum absolute atomic E-state index is 6.11. The second-order valence-electron chi connectivity index (χ2n) is 7.22. The molecule has 0 aliphatic carbocycles. The Bertz CT molecular complexity index is 774. The molecule has 28 heavy (non-hydrogen) atoms. The van der Waals surface area contributed by atoms with Crippen molar-refractivity contribution >= 4 is 5.96 Å². The predicted molar refractivity (Wildman–Crippen MR) is 113 cm³/mol. The Morgan fingerprint density at radius 1 is 1.21 bits per heavy atom. The average molecular weight is 383 g/mol. The number of nitrogens with one attached hydrogen (secondary N) is 1. The van der Waals surface area contributed by atoms with Gasteiger partial charge in [0.1, 0.15) is 11.5 Å². The summed E-state index contributed by atoms with van der Waals surface area (Å²) >= 11 is 0. The van der Waals surface area contributed by atoms with E-state index in [-0.39, 0.29) is 6.04 Å². The Morgan fingerprint density at radius 2 is 2.00 bits per heavy atom. The molecule has 3 rings (SSSR count). The van der Waals surface area contributed by atoms with Crippen molar-refractivity contribution in [1.29, 1.82) is 0 Å².